The number of nitrogens with two attached hydrogens (primary N) is 1. The highest BCUT2D eigenvalue weighted by Crippen LogP contribution is 2.18. The van der Waals surface area contributed by atoms with Crippen molar-refractivity contribution in [1.29, 1.82) is 0 Å². The molecule has 0 spiro atoms. The van der Waals surface area contributed by atoms with E-state index in [1.54, 1.807) is 0 Å². The van der Waals surface area contributed by atoms with Gasteiger partial charge in [-0.05, 0) is 20.8 Å². The van der Waals surface area contributed by atoms with Gasteiger partial charge in [0, 0.05) is 31.1 Å². The minimum absolute atomic E-state index is 0.105. The summed E-state index contributed by atoms with van der Waals surface area (Å²) in [5.74, 6) is 0.695. The van der Waals surface area contributed by atoms with Gasteiger partial charge in [0.25, 0.3) is 0 Å². The first-order chi connectivity index (χ1) is 7.58. The first kappa shape index (κ1) is 14.2. The van der Waals surface area contributed by atoms with Crippen LogP contribution in [0.3, 0.4) is 0 Å². The summed E-state index contributed by atoms with van der Waals surface area (Å²) < 4.78 is 23.7. The summed E-state index contributed by atoms with van der Waals surface area (Å²) in [5.41, 5.74) is 5.61. The molecule has 0 radical (unpaired) electrons. The molecule has 0 bridgehead atoms. The highest BCUT2D eigenvalue weighted by atomic mass is 32.2. The highest BCUT2D eigenvalue weighted by Gasteiger charge is 2.32. The van der Waals surface area contributed by atoms with E-state index < -0.39 is 10.0 Å². The van der Waals surface area contributed by atoms with Crippen LogP contribution in [0.15, 0.2) is 4.99 Å². The predicted molar refractivity (Wildman–Crippen MR) is 69.3 cm³/mol. The van der Waals surface area contributed by atoms with Crippen molar-refractivity contribution in [3.8, 4) is 0 Å². The van der Waals surface area contributed by atoms with E-state index in [2.05, 4.69) is 10.3 Å². The summed E-state index contributed by atoms with van der Waals surface area (Å²) in [6.45, 7) is 7.68. The van der Waals surface area contributed by atoms with Crippen molar-refractivity contribution in [2.45, 2.75) is 26.3 Å². The Kier molecular flexibility index (Phi) is 4.03. The standard InChI is InChI=1S/C10H22N4O2S/c1-10(2,3)13-9(11)12-5-8-6-14(7-8)17(4,15)16/h8H,5-7H2,1-4H3,(H3,11,12,13). The predicted octanol–water partition coefficient (Wildman–Crippen LogP) is -0.419. The fraction of sp³-hybridized carbons (Fsp3) is 0.900. The number of guanidine groups is 1. The van der Waals surface area contributed by atoms with Crippen LogP contribution in [0, 0.1) is 5.92 Å². The molecule has 3 N–H and O–H groups in total. The molecule has 0 aromatic carbocycles. The molecule has 17 heavy (non-hydrogen) atoms. The van der Waals surface area contributed by atoms with Crippen molar-refractivity contribution in [3.05, 3.63) is 0 Å². The molecule has 1 rings (SSSR count). The molecule has 0 amide bonds. The summed E-state index contributed by atoms with van der Waals surface area (Å²) in [4.78, 5) is 4.21. The molecule has 0 aliphatic carbocycles. The van der Waals surface area contributed by atoms with Gasteiger partial charge in [-0.3, -0.25) is 4.99 Å². The maximum absolute atomic E-state index is 11.1. The number of sulfonamides is 1. The summed E-state index contributed by atoms with van der Waals surface area (Å²) in [5, 5.41) is 3.06. The minimum atomic E-state index is -3.03. The molecule has 0 aromatic heterocycles. The van der Waals surface area contributed by atoms with Gasteiger partial charge in [0.15, 0.2) is 5.96 Å². The van der Waals surface area contributed by atoms with Gasteiger partial charge < -0.3 is 11.1 Å². The molecule has 1 aliphatic heterocycles. The van der Waals surface area contributed by atoms with Crippen LogP contribution >= 0.6 is 0 Å². The first-order valence-electron chi connectivity index (χ1n) is 5.61. The van der Waals surface area contributed by atoms with Crippen molar-refractivity contribution in [1.82, 2.24) is 9.62 Å². The third-order valence-electron chi connectivity index (χ3n) is 2.42. The lowest BCUT2D eigenvalue weighted by molar-refractivity contribution is 0.209. The monoisotopic (exact) mass is 262 g/mol. The van der Waals surface area contributed by atoms with Crippen molar-refractivity contribution in [3.63, 3.8) is 0 Å². The number of nitrogens with one attached hydrogen (secondary N) is 1. The first-order valence-corrected chi connectivity index (χ1v) is 7.46. The Labute approximate surface area is 103 Å². The van der Waals surface area contributed by atoms with E-state index in [-0.39, 0.29) is 11.5 Å². The van der Waals surface area contributed by atoms with Gasteiger partial charge in [-0.25, -0.2) is 12.7 Å². The Morgan fingerprint density at radius 1 is 1.47 bits per heavy atom. The average molecular weight is 262 g/mol. The molecule has 6 nitrogen and oxygen atoms in total. The zero-order chi connectivity index (χ0) is 13.3. The lowest BCUT2D eigenvalue weighted by Crippen LogP contribution is -2.51. The number of rotatable bonds is 3. The second-order valence-electron chi connectivity index (χ2n) is 5.55. The molecule has 0 atom stereocenters. The fourth-order valence-corrected chi connectivity index (χ4v) is 2.52. The van der Waals surface area contributed by atoms with Crippen molar-refractivity contribution < 1.29 is 8.42 Å². The van der Waals surface area contributed by atoms with E-state index in [4.69, 9.17) is 5.73 Å². The van der Waals surface area contributed by atoms with E-state index >= 15 is 0 Å². The zero-order valence-corrected chi connectivity index (χ0v) is 11.7. The second kappa shape index (κ2) is 4.81. The van der Waals surface area contributed by atoms with Gasteiger partial charge in [0.05, 0.1) is 6.26 Å². The minimum Gasteiger partial charge on any atom is -0.370 e. The molecule has 0 saturated carbocycles. The maximum atomic E-state index is 11.1. The fourth-order valence-electron chi connectivity index (χ4n) is 1.56. The zero-order valence-electron chi connectivity index (χ0n) is 10.9. The van der Waals surface area contributed by atoms with Crippen molar-refractivity contribution in [2.24, 2.45) is 16.6 Å². The summed E-state index contributed by atoms with van der Waals surface area (Å²) in [6.07, 6.45) is 1.22. The topological polar surface area (TPSA) is 87.8 Å². The SMILES string of the molecule is CC(C)(C)NC(N)=NCC1CN(S(C)(=O)=O)C1. The Morgan fingerprint density at radius 2 is 2.00 bits per heavy atom. The summed E-state index contributed by atoms with van der Waals surface area (Å²) in [7, 11) is -3.03. The number of hydrogen-bond donors (Lipinski definition) is 2. The van der Waals surface area contributed by atoms with Crippen molar-refractivity contribution in [2.75, 3.05) is 25.9 Å². The van der Waals surface area contributed by atoms with Crippen LogP contribution in [0.2, 0.25) is 0 Å². The third kappa shape index (κ3) is 4.91. The lowest BCUT2D eigenvalue weighted by Gasteiger charge is -2.36. The van der Waals surface area contributed by atoms with E-state index in [0.29, 0.717) is 25.6 Å². The van der Waals surface area contributed by atoms with Gasteiger partial charge in [0.2, 0.25) is 10.0 Å². The molecular weight excluding hydrogens is 240 g/mol. The lowest BCUT2D eigenvalue weighted by atomic mass is 10.0. The third-order valence-corrected chi connectivity index (χ3v) is 3.65. The number of nitrogens with zero attached hydrogens (tertiary/aromatic N) is 2. The summed E-state index contributed by atoms with van der Waals surface area (Å²) >= 11 is 0. The molecule has 1 fully saturated rings. The normalized spacial score (nSPS) is 20.1. The molecule has 7 heteroatoms. The van der Waals surface area contributed by atoms with Crippen LogP contribution in [0.25, 0.3) is 0 Å². The Hall–Kier alpha value is -0.820. The largest absolute Gasteiger partial charge is 0.370 e. The van der Waals surface area contributed by atoms with Crippen LogP contribution in [-0.2, 0) is 10.0 Å². The number of hydrogen-bond acceptors (Lipinski definition) is 3. The molecular formula is C10H22N4O2S. The van der Waals surface area contributed by atoms with Crippen LogP contribution in [0.4, 0.5) is 0 Å². The van der Waals surface area contributed by atoms with E-state index in [1.165, 1.54) is 10.6 Å². The highest BCUT2D eigenvalue weighted by molar-refractivity contribution is 7.88. The number of aliphatic imine (C=N–C) groups is 1. The molecule has 1 heterocycles. The van der Waals surface area contributed by atoms with Gasteiger partial charge in [-0.2, -0.15) is 0 Å². The van der Waals surface area contributed by atoms with Gasteiger partial charge in [-0.1, -0.05) is 0 Å². The van der Waals surface area contributed by atoms with E-state index in [1.807, 2.05) is 20.8 Å². The molecule has 1 saturated heterocycles. The van der Waals surface area contributed by atoms with Crippen LogP contribution in [0.1, 0.15) is 20.8 Å². The molecule has 1 aliphatic rings. The van der Waals surface area contributed by atoms with Crippen molar-refractivity contribution >= 4 is 16.0 Å². The second-order valence-corrected chi connectivity index (χ2v) is 7.53. The smallest absolute Gasteiger partial charge is 0.211 e. The maximum Gasteiger partial charge on any atom is 0.211 e. The van der Waals surface area contributed by atoms with E-state index in [9.17, 15) is 8.42 Å². The van der Waals surface area contributed by atoms with Gasteiger partial charge in [0.1, 0.15) is 0 Å². The molecule has 100 valence electrons. The molecule has 0 unspecified atom stereocenters. The van der Waals surface area contributed by atoms with Gasteiger partial charge in [-0.15, -0.1) is 0 Å². The van der Waals surface area contributed by atoms with Crippen LogP contribution in [-0.4, -0.2) is 50.1 Å². The Balaban J connectivity index is 2.33. The summed E-state index contributed by atoms with van der Waals surface area (Å²) in [6, 6.07) is 0. The van der Waals surface area contributed by atoms with Crippen LogP contribution < -0.4 is 11.1 Å². The van der Waals surface area contributed by atoms with E-state index in [0.717, 1.165) is 0 Å². The van der Waals surface area contributed by atoms with Gasteiger partial charge >= 0.3 is 0 Å². The average Bonchev–Trinajstić information content (AvgIpc) is 1.93. The quantitative estimate of drug-likeness (QED) is 0.534. The Morgan fingerprint density at radius 3 is 2.41 bits per heavy atom. The molecule has 0 aromatic rings. The Bertz CT molecular complexity index is 391. The van der Waals surface area contributed by atoms with Crippen LogP contribution in [0.5, 0.6) is 0 Å².